The molecule has 2 aromatic carbocycles. The Balaban J connectivity index is 2.38. The molecular weight excluding hydrogens is 328 g/mol. The van der Waals surface area contributed by atoms with Crippen molar-refractivity contribution in [2.45, 2.75) is 32.9 Å². The first-order valence-electron chi connectivity index (χ1n) is 8.85. The molecule has 2 aromatic rings. The van der Waals surface area contributed by atoms with Crippen LogP contribution in [0.1, 0.15) is 37.4 Å². The lowest BCUT2D eigenvalue weighted by Gasteiger charge is -2.31. The summed E-state index contributed by atoms with van der Waals surface area (Å²) in [5, 5.41) is 2.85. The Labute approximate surface area is 155 Å². The molecule has 5 nitrogen and oxygen atoms in total. The fraction of sp³-hybridized carbons (Fsp3) is 0.333. The quantitative estimate of drug-likeness (QED) is 0.791. The largest absolute Gasteiger partial charge is 0.497 e. The Morgan fingerprint density at radius 3 is 2.23 bits per heavy atom. The molecule has 0 unspecified atom stereocenters. The molecule has 2 amide bonds. The van der Waals surface area contributed by atoms with Crippen LogP contribution in [-0.2, 0) is 16.1 Å². The van der Waals surface area contributed by atoms with E-state index >= 15 is 0 Å². The maximum absolute atomic E-state index is 12.8. The Morgan fingerprint density at radius 2 is 1.69 bits per heavy atom. The normalized spacial score (nSPS) is 11.5. The first-order chi connectivity index (χ1) is 12.6. The minimum Gasteiger partial charge on any atom is -0.497 e. The molecule has 26 heavy (non-hydrogen) atoms. The van der Waals surface area contributed by atoms with Crippen molar-refractivity contribution in [2.24, 2.45) is 0 Å². The van der Waals surface area contributed by atoms with Crippen molar-refractivity contribution in [1.29, 1.82) is 0 Å². The number of methoxy groups -OCH3 is 1. The fourth-order valence-electron chi connectivity index (χ4n) is 2.83. The van der Waals surface area contributed by atoms with Gasteiger partial charge in [0.15, 0.2) is 0 Å². The van der Waals surface area contributed by atoms with Crippen molar-refractivity contribution < 1.29 is 14.3 Å². The van der Waals surface area contributed by atoms with Crippen molar-refractivity contribution in [1.82, 2.24) is 10.2 Å². The molecule has 0 fully saturated rings. The van der Waals surface area contributed by atoms with E-state index in [9.17, 15) is 9.59 Å². The molecule has 0 heterocycles. The zero-order valence-electron chi connectivity index (χ0n) is 15.6. The van der Waals surface area contributed by atoms with Crippen molar-refractivity contribution >= 4 is 11.8 Å². The van der Waals surface area contributed by atoms with E-state index in [1.807, 2.05) is 68.4 Å². The summed E-state index contributed by atoms with van der Waals surface area (Å²) in [5.41, 5.74) is 1.74. The molecule has 0 bridgehead atoms. The molecule has 2 rings (SSSR count). The van der Waals surface area contributed by atoms with E-state index in [0.717, 1.165) is 16.9 Å². The molecular formula is C21H26N2O3. The molecule has 138 valence electrons. The summed E-state index contributed by atoms with van der Waals surface area (Å²) in [6, 6.07) is 16.3. The minimum absolute atomic E-state index is 0.0686. The van der Waals surface area contributed by atoms with Gasteiger partial charge in [-0.3, -0.25) is 9.59 Å². The maximum Gasteiger partial charge on any atom is 0.247 e. The summed E-state index contributed by atoms with van der Waals surface area (Å²) in [6.45, 7) is 4.55. The third-order valence-corrected chi connectivity index (χ3v) is 4.16. The second-order valence-corrected chi connectivity index (χ2v) is 5.93. The van der Waals surface area contributed by atoms with Crippen LogP contribution in [0.2, 0.25) is 0 Å². The molecule has 0 aliphatic heterocycles. The van der Waals surface area contributed by atoms with Crippen LogP contribution in [0.5, 0.6) is 5.75 Å². The number of carbonyl (C=O) groups is 2. The van der Waals surface area contributed by atoms with Crippen LogP contribution in [-0.4, -0.2) is 30.4 Å². The summed E-state index contributed by atoms with van der Waals surface area (Å²) in [6.07, 6.45) is 0.332. The molecule has 0 aliphatic rings. The highest BCUT2D eigenvalue weighted by Gasteiger charge is 2.30. The van der Waals surface area contributed by atoms with Crippen molar-refractivity contribution in [3.05, 3.63) is 65.7 Å². The summed E-state index contributed by atoms with van der Waals surface area (Å²) < 4.78 is 5.19. The van der Waals surface area contributed by atoms with Crippen molar-refractivity contribution in [2.75, 3.05) is 13.7 Å². The van der Waals surface area contributed by atoms with Gasteiger partial charge in [-0.1, -0.05) is 49.4 Å². The number of ether oxygens (including phenoxy) is 1. The third kappa shape index (κ3) is 4.85. The second kappa shape index (κ2) is 9.61. The molecule has 1 N–H and O–H groups in total. The topological polar surface area (TPSA) is 58.6 Å². The van der Waals surface area contributed by atoms with Crippen LogP contribution in [0.25, 0.3) is 0 Å². The lowest BCUT2D eigenvalue weighted by molar-refractivity contribution is -0.141. The predicted octanol–water partition coefficient (Wildman–Crippen LogP) is 3.31. The van der Waals surface area contributed by atoms with Gasteiger partial charge < -0.3 is 15.0 Å². The van der Waals surface area contributed by atoms with Crippen LogP contribution in [0.4, 0.5) is 0 Å². The molecule has 0 radical (unpaired) electrons. The zero-order valence-corrected chi connectivity index (χ0v) is 15.6. The van der Waals surface area contributed by atoms with E-state index in [1.54, 1.807) is 12.0 Å². The SMILES string of the molecule is CCNC(=O)[C@@H](c1ccccc1)N(Cc1ccc(OC)cc1)C(=O)CC. The molecule has 1 atom stereocenters. The van der Waals surface area contributed by atoms with Crippen LogP contribution in [0.3, 0.4) is 0 Å². The lowest BCUT2D eigenvalue weighted by atomic mass is 10.0. The third-order valence-electron chi connectivity index (χ3n) is 4.16. The highest BCUT2D eigenvalue weighted by atomic mass is 16.5. The summed E-state index contributed by atoms with van der Waals surface area (Å²) >= 11 is 0. The average molecular weight is 354 g/mol. The van der Waals surface area contributed by atoms with Crippen LogP contribution in [0, 0.1) is 0 Å². The molecule has 0 saturated heterocycles. The Hall–Kier alpha value is -2.82. The maximum atomic E-state index is 12.8. The van der Waals surface area contributed by atoms with Gasteiger partial charge in [0.25, 0.3) is 0 Å². The second-order valence-electron chi connectivity index (χ2n) is 5.93. The van der Waals surface area contributed by atoms with Gasteiger partial charge in [-0.05, 0) is 30.2 Å². The standard InChI is InChI=1S/C21H26N2O3/c1-4-19(24)23(15-16-11-13-18(26-3)14-12-16)20(21(25)22-5-2)17-9-7-6-8-10-17/h6-14,20H,4-5,15H2,1-3H3,(H,22,25)/t20-/m1/s1. The van der Waals surface area contributed by atoms with Crippen LogP contribution >= 0.6 is 0 Å². The van der Waals surface area contributed by atoms with Gasteiger partial charge in [0, 0.05) is 19.5 Å². The smallest absolute Gasteiger partial charge is 0.247 e. The van der Waals surface area contributed by atoms with E-state index in [0.29, 0.717) is 19.5 Å². The van der Waals surface area contributed by atoms with E-state index in [-0.39, 0.29) is 11.8 Å². The van der Waals surface area contributed by atoms with Crippen molar-refractivity contribution in [3.8, 4) is 5.75 Å². The highest BCUT2D eigenvalue weighted by molar-refractivity contribution is 5.88. The lowest BCUT2D eigenvalue weighted by Crippen LogP contribution is -2.43. The first kappa shape index (κ1) is 19.5. The number of nitrogens with zero attached hydrogens (tertiary/aromatic N) is 1. The minimum atomic E-state index is -0.661. The molecule has 0 aliphatic carbocycles. The monoisotopic (exact) mass is 354 g/mol. The molecule has 5 heteroatoms. The average Bonchev–Trinajstić information content (AvgIpc) is 2.68. The van der Waals surface area contributed by atoms with E-state index in [1.165, 1.54) is 0 Å². The zero-order chi connectivity index (χ0) is 18.9. The van der Waals surface area contributed by atoms with Crippen molar-refractivity contribution in [3.63, 3.8) is 0 Å². The number of amides is 2. The highest BCUT2D eigenvalue weighted by Crippen LogP contribution is 2.25. The number of nitrogens with one attached hydrogen (secondary N) is 1. The number of carbonyl (C=O) groups excluding carboxylic acids is 2. The molecule has 0 saturated carbocycles. The van der Waals surface area contributed by atoms with Gasteiger partial charge in [0.1, 0.15) is 11.8 Å². The fourth-order valence-corrected chi connectivity index (χ4v) is 2.83. The van der Waals surface area contributed by atoms with Gasteiger partial charge in [-0.25, -0.2) is 0 Å². The number of hydrogen-bond donors (Lipinski definition) is 1. The van der Waals surface area contributed by atoms with E-state index in [2.05, 4.69) is 5.32 Å². The predicted molar refractivity (Wildman–Crippen MR) is 102 cm³/mol. The summed E-state index contributed by atoms with van der Waals surface area (Å²) in [7, 11) is 1.61. The van der Waals surface area contributed by atoms with Gasteiger partial charge in [-0.15, -0.1) is 0 Å². The molecule has 0 aromatic heterocycles. The van der Waals surface area contributed by atoms with Crippen LogP contribution in [0.15, 0.2) is 54.6 Å². The Bertz CT molecular complexity index is 714. The van der Waals surface area contributed by atoms with Gasteiger partial charge in [0.2, 0.25) is 11.8 Å². The molecule has 0 spiro atoms. The number of hydrogen-bond acceptors (Lipinski definition) is 3. The summed E-state index contributed by atoms with van der Waals surface area (Å²) in [5.74, 6) is 0.514. The first-order valence-corrected chi connectivity index (χ1v) is 8.85. The summed E-state index contributed by atoms with van der Waals surface area (Å²) in [4.78, 5) is 27.1. The van der Waals surface area contributed by atoms with Gasteiger partial charge >= 0.3 is 0 Å². The van der Waals surface area contributed by atoms with Gasteiger partial charge in [0.05, 0.1) is 7.11 Å². The Morgan fingerprint density at radius 1 is 1.04 bits per heavy atom. The number of likely N-dealkylation sites (N-methyl/N-ethyl adjacent to an activating group) is 1. The Kier molecular flexibility index (Phi) is 7.21. The number of benzene rings is 2. The van der Waals surface area contributed by atoms with E-state index in [4.69, 9.17) is 4.74 Å². The number of rotatable bonds is 8. The van der Waals surface area contributed by atoms with Gasteiger partial charge in [-0.2, -0.15) is 0 Å². The van der Waals surface area contributed by atoms with E-state index < -0.39 is 6.04 Å². The van der Waals surface area contributed by atoms with Crippen LogP contribution < -0.4 is 10.1 Å².